The van der Waals surface area contributed by atoms with Gasteiger partial charge < -0.3 is 9.15 Å². The van der Waals surface area contributed by atoms with Crippen LogP contribution >= 0.6 is 0 Å². The van der Waals surface area contributed by atoms with E-state index in [9.17, 15) is 9.59 Å². The van der Waals surface area contributed by atoms with Crippen molar-refractivity contribution in [1.29, 1.82) is 0 Å². The van der Waals surface area contributed by atoms with E-state index in [0.717, 1.165) is 34.9 Å². The van der Waals surface area contributed by atoms with Crippen molar-refractivity contribution in [1.82, 2.24) is 0 Å². The van der Waals surface area contributed by atoms with Crippen LogP contribution in [0.15, 0.2) is 57.7 Å². The third-order valence-electron chi connectivity index (χ3n) is 3.78. The minimum Gasteiger partial charge on any atom is -0.426 e. The summed E-state index contributed by atoms with van der Waals surface area (Å²) in [4.78, 5) is 23.3. The highest BCUT2D eigenvalue weighted by atomic mass is 16.5. The van der Waals surface area contributed by atoms with Crippen molar-refractivity contribution in [2.45, 2.75) is 26.7 Å². The average molecular weight is 322 g/mol. The molecule has 0 fully saturated rings. The molecule has 4 heteroatoms. The van der Waals surface area contributed by atoms with Crippen LogP contribution in [0, 0.1) is 0 Å². The summed E-state index contributed by atoms with van der Waals surface area (Å²) in [7, 11) is 0. The predicted octanol–water partition coefficient (Wildman–Crippen LogP) is 4.34. The van der Waals surface area contributed by atoms with Crippen LogP contribution in [-0.2, 0) is 11.2 Å². The molecular weight excluding hydrogens is 304 g/mol. The molecule has 0 radical (unpaired) electrons. The molecule has 4 nitrogen and oxygen atoms in total. The summed E-state index contributed by atoms with van der Waals surface area (Å²) in [5.41, 5.74) is 2.66. The average Bonchev–Trinajstić information content (AvgIpc) is 2.55. The Hall–Kier alpha value is -2.88. The predicted molar refractivity (Wildman–Crippen MR) is 93.2 cm³/mol. The second-order valence-electron chi connectivity index (χ2n) is 5.64. The highest BCUT2D eigenvalue weighted by molar-refractivity contribution is 5.94. The molecule has 0 atom stereocenters. The molecule has 0 aliphatic rings. The van der Waals surface area contributed by atoms with Gasteiger partial charge in [0.15, 0.2) is 0 Å². The monoisotopic (exact) mass is 322 g/mol. The Bertz CT molecular complexity index is 939. The van der Waals surface area contributed by atoms with E-state index in [2.05, 4.69) is 6.92 Å². The molecule has 24 heavy (non-hydrogen) atoms. The highest BCUT2D eigenvalue weighted by Gasteiger charge is 2.14. The summed E-state index contributed by atoms with van der Waals surface area (Å²) in [5.74, 6) is 0.0541. The van der Waals surface area contributed by atoms with E-state index in [-0.39, 0.29) is 0 Å². The molecule has 0 aliphatic carbocycles. The van der Waals surface area contributed by atoms with Crippen LogP contribution in [0.1, 0.15) is 25.8 Å². The fourth-order valence-electron chi connectivity index (χ4n) is 2.81. The van der Waals surface area contributed by atoms with Crippen LogP contribution in [0.2, 0.25) is 0 Å². The molecule has 0 amide bonds. The fraction of sp³-hybridized carbons (Fsp3) is 0.200. The lowest BCUT2D eigenvalue weighted by Crippen LogP contribution is -2.05. The van der Waals surface area contributed by atoms with Crippen molar-refractivity contribution in [2.75, 3.05) is 0 Å². The van der Waals surface area contributed by atoms with Crippen LogP contribution in [0.4, 0.5) is 0 Å². The van der Waals surface area contributed by atoms with Gasteiger partial charge >= 0.3 is 11.6 Å². The number of hydrogen-bond donors (Lipinski definition) is 0. The summed E-state index contributed by atoms with van der Waals surface area (Å²) in [6, 6.07) is 14.8. The molecule has 0 aliphatic heterocycles. The molecule has 1 aromatic heterocycles. The van der Waals surface area contributed by atoms with Gasteiger partial charge in [-0.25, -0.2) is 4.79 Å². The van der Waals surface area contributed by atoms with Crippen molar-refractivity contribution in [3.8, 4) is 16.9 Å². The topological polar surface area (TPSA) is 56.5 Å². The third kappa shape index (κ3) is 3.23. The Morgan fingerprint density at radius 2 is 1.88 bits per heavy atom. The Morgan fingerprint density at radius 3 is 2.54 bits per heavy atom. The smallest absolute Gasteiger partial charge is 0.336 e. The summed E-state index contributed by atoms with van der Waals surface area (Å²) in [5, 5.41) is 0.833. The van der Waals surface area contributed by atoms with Gasteiger partial charge in [-0.2, -0.15) is 0 Å². The largest absolute Gasteiger partial charge is 0.426 e. The molecule has 0 saturated carbocycles. The maximum Gasteiger partial charge on any atom is 0.336 e. The second kappa shape index (κ2) is 6.71. The summed E-state index contributed by atoms with van der Waals surface area (Å²) < 4.78 is 10.6. The quantitative estimate of drug-likeness (QED) is 0.407. The molecule has 0 spiro atoms. The molecule has 0 saturated heterocycles. The number of rotatable bonds is 4. The molecule has 3 aromatic rings. The van der Waals surface area contributed by atoms with Crippen LogP contribution in [0.5, 0.6) is 5.75 Å². The first kappa shape index (κ1) is 16.0. The zero-order valence-corrected chi connectivity index (χ0v) is 13.7. The lowest BCUT2D eigenvalue weighted by Gasteiger charge is -2.12. The number of ether oxygens (including phenoxy) is 1. The first-order valence-corrected chi connectivity index (χ1v) is 7.93. The molecule has 0 unspecified atom stereocenters. The van der Waals surface area contributed by atoms with Gasteiger partial charge in [0.1, 0.15) is 11.3 Å². The number of esters is 1. The van der Waals surface area contributed by atoms with Gasteiger partial charge in [0.05, 0.1) is 0 Å². The number of fused-ring (bicyclic) bond motifs is 1. The van der Waals surface area contributed by atoms with E-state index in [4.69, 9.17) is 9.15 Å². The minimum atomic E-state index is -0.432. The van der Waals surface area contributed by atoms with E-state index in [1.54, 1.807) is 6.07 Å². The fourth-order valence-corrected chi connectivity index (χ4v) is 2.81. The number of carbonyl (C=O) groups excluding carboxylic acids is 1. The molecule has 2 aromatic carbocycles. The zero-order valence-electron chi connectivity index (χ0n) is 13.7. The summed E-state index contributed by atoms with van der Waals surface area (Å²) in [6.07, 6.45) is 1.68. The normalized spacial score (nSPS) is 10.8. The Morgan fingerprint density at radius 1 is 1.12 bits per heavy atom. The number of aryl methyl sites for hydroxylation is 1. The highest BCUT2D eigenvalue weighted by Crippen LogP contribution is 2.33. The van der Waals surface area contributed by atoms with Gasteiger partial charge in [-0.15, -0.1) is 0 Å². The standard InChI is InChI=1S/C20H18O4/c1-3-7-15-10-17-16(14-8-5-4-6-9-14)11-20(22)24-19(17)12-18(15)23-13(2)21/h4-6,8-12H,3,7H2,1-2H3. The Kier molecular flexibility index (Phi) is 4.47. The van der Waals surface area contributed by atoms with E-state index < -0.39 is 11.6 Å². The van der Waals surface area contributed by atoms with Crippen molar-refractivity contribution in [3.63, 3.8) is 0 Å². The Labute approximate surface area is 139 Å². The van der Waals surface area contributed by atoms with Crippen LogP contribution < -0.4 is 10.4 Å². The lowest BCUT2D eigenvalue weighted by atomic mass is 9.98. The molecular formula is C20H18O4. The summed E-state index contributed by atoms with van der Waals surface area (Å²) in [6.45, 7) is 3.42. The Balaban J connectivity index is 2.29. The number of benzene rings is 2. The lowest BCUT2D eigenvalue weighted by molar-refractivity contribution is -0.131. The van der Waals surface area contributed by atoms with Gasteiger partial charge in [-0.1, -0.05) is 43.7 Å². The third-order valence-corrected chi connectivity index (χ3v) is 3.78. The summed E-state index contributed by atoms with van der Waals surface area (Å²) >= 11 is 0. The van der Waals surface area contributed by atoms with Gasteiger partial charge in [-0.05, 0) is 29.2 Å². The minimum absolute atomic E-state index is 0.395. The van der Waals surface area contributed by atoms with Crippen LogP contribution in [-0.4, -0.2) is 5.97 Å². The van der Waals surface area contributed by atoms with E-state index in [1.165, 1.54) is 13.0 Å². The SMILES string of the molecule is CCCc1cc2c(-c3ccccc3)cc(=O)oc2cc1OC(C)=O. The van der Waals surface area contributed by atoms with Crippen molar-refractivity contribution in [3.05, 3.63) is 64.5 Å². The van der Waals surface area contributed by atoms with E-state index >= 15 is 0 Å². The second-order valence-corrected chi connectivity index (χ2v) is 5.64. The van der Waals surface area contributed by atoms with E-state index in [0.29, 0.717) is 11.3 Å². The van der Waals surface area contributed by atoms with Crippen LogP contribution in [0.3, 0.4) is 0 Å². The van der Waals surface area contributed by atoms with E-state index in [1.807, 2.05) is 36.4 Å². The maximum absolute atomic E-state index is 11.9. The van der Waals surface area contributed by atoms with Gasteiger partial charge in [0.25, 0.3) is 0 Å². The van der Waals surface area contributed by atoms with Crippen molar-refractivity contribution < 1.29 is 13.9 Å². The molecule has 122 valence electrons. The first-order valence-electron chi connectivity index (χ1n) is 7.93. The first-order chi connectivity index (χ1) is 11.6. The van der Waals surface area contributed by atoms with Crippen molar-refractivity contribution >= 4 is 16.9 Å². The molecule has 3 rings (SSSR count). The number of carbonyl (C=O) groups is 1. The van der Waals surface area contributed by atoms with Gasteiger partial charge in [0.2, 0.25) is 0 Å². The number of hydrogen-bond acceptors (Lipinski definition) is 4. The molecule has 0 N–H and O–H groups in total. The van der Waals surface area contributed by atoms with Gasteiger partial charge in [0, 0.05) is 24.4 Å². The van der Waals surface area contributed by atoms with Crippen molar-refractivity contribution in [2.24, 2.45) is 0 Å². The maximum atomic E-state index is 11.9. The van der Waals surface area contributed by atoms with Gasteiger partial charge in [-0.3, -0.25) is 4.79 Å². The molecule has 0 bridgehead atoms. The molecule has 1 heterocycles. The van der Waals surface area contributed by atoms with Crippen LogP contribution in [0.25, 0.3) is 22.1 Å². The zero-order chi connectivity index (χ0) is 17.1.